The molecular formula is C16H17NO5. The number of hydrogen-bond acceptors (Lipinski definition) is 5. The predicted octanol–water partition coefficient (Wildman–Crippen LogP) is 1.99. The molecule has 0 radical (unpaired) electrons. The number of primary amides is 1. The molecule has 6 nitrogen and oxygen atoms in total. The molecule has 1 heterocycles. The van der Waals surface area contributed by atoms with Crippen molar-refractivity contribution in [2.75, 3.05) is 0 Å². The number of hydrogen-bond donors (Lipinski definition) is 2. The fourth-order valence-electron chi connectivity index (χ4n) is 2.67. The van der Waals surface area contributed by atoms with Crippen molar-refractivity contribution in [3.05, 3.63) is 39.2 Å². The number of fused-ring (bicyclic) bond motifs is 1. The minimum absolute atomic E-state index is 0.0478. The SMILES string of the molecule is CCC(CC(N)=O)c1c(C)oc2c(C=O)c(O)ccc2c1=O. The first-order chi connectivity index (χ1) is 10.4. The number of aromatic hydroxyl groups is 1. The molecule has 0 fully saturated rings. The summed E-state index contributed by atoms with van der Waals surface area (Å²) in [7, 11) is 0. The number of amides is 1. The van der Waals surface area contributed by atoms with Crippen LogP contribution in [0.3, 0.4) is 0 Å². The Morgan fingerprint density at radius 3 is 2.68 bits per heavy atom. The van der Waals surface area contributed by atoms with Crippen molar-refractivity contribution in [2.45, 2.75) is 32.6 Å². The van der Waals surface area contributed by atoms with E-state index in [9.17, 15) is 19.5 Å². The van der Waals surface area contributed by atoms with Crippen LogP contribution in [-0.4, -0.2) is 17.3 Å². The normalized spacial score (nSPS) is 12.3. The van der Waals surface area contributed by atoms with Gasteiger partial charge in [0.15, 0.2) is 17.3 Å². The summed E-state index contributed by atoms with van der Waals surface area (Å²) in [5.41, 5.74) is 5.30. The van der Waals surface area contributed by atoms with Crippen LogP contribution in [0.5, 0.6) is 5.75 Å². The maximum atomic E-state index is 12.7. The van der Waals surface area contributed by atoms with Crippen molar-refractivity contribution >= 4 is 23.2 Å². The molecule has 3 N–H and O–H groups in total. The topological polar surface area (TPSA) is 111 Å². The second-order valence-electron chi connectivity index (χ2n) is 5.17. The number of carbonyl (C=O) groups is 2. The van der Waals surface area contributed by atoms with E-state index in [1.54, 1.807) is 6.92 Å². The minimum Gasteiger partial charge on any atom is -0.507 e. The van der Waals surface area contributed by atoms with Crippen molar-refractivity contribution in [2.24, 2.45) is 5.73 Å². The van der Waals surface area contributed by atoms with Crippen LogP contribution < -0.4 is 11.2 Å². The number of aryl methyl sites for hydroxylation is 1. The van der Waals surface area contributed by atoms with Gasteiger partial charge in [0.2, 0.25) is 5.91 Å². The zero-order valence-electron chi connectivity index (χ0n) is 12.4. The Balaban J connectivity index is 2.79. The van der Waals surface area contributed by atoms with Gasteiger partial charge in [-0.3, -0.25) is 14.4 Å². The number of benzene rings is 1. The highest BCUT2D eigenvalue weighted by Crippen LogP contribution is 2.29. The highest BCUT2D eigenvalue weighted by atomic mass is 16.3. The van der Waals surface area contributed by atoms with E-state index in [-0.39, 0.29) is 40.0 Å². The predicted molar refractivity (Wildman–Crippen MR) is 81.1 cm³/mol. The third kappa shape index (κ3) is 2.59. The average Bonchev–Trinajstić information content (AvgIpc) is 2.45. The second-order valence-corrected chi connectivity index (χ2v) is 5.17. The fraction of sp³-hybridized carbons (Fsp3) is 0.312. The third-order valence-electron chi connectivity index (χ3n) is 3.76. The lowest BCUT2D eigenvalue weighted by atomic mass is 9.91. The van der Waals surface area contributed by atoms with Crippen LogP contribution in [0.1, 0.15) is 47.4 Å². The first-order valence-corrected chi connectivity index (χ1v) is 6.93. The van der Waals surface area contributed by atoms with Crippen LogP contribution in [0.2, 0.25) is 0 Å². The number of carbonyl (C=O) groups excluding carboxylic acids is 2. The first kappa shape index (κ1) is 15.8. The molecule has 0 saturated carbocycles. The lowest BCUT2D eigenvalue weighted by Gasteiger charge is -2.16. The number of aldehydes is 1. The molecule has 0 saturated heterocycles. The summed E-state index contributed by atoms with van der Waals surface area (Å²) < 4.78 is 5.60. The van der Waals surface area contributed by atoms with Gasteiger partial charge in [-0.15, -0.1) is 0 Å². The van der Waals surface area contributed by atoms with Crippen molar-refractivity contribution < 1.29 is 19.1 Å². The van der Waals surface area contributed by atoms with Gasteiger partial charge >= 0.3 is 0 Å². The lowest BCUT2D eigenvalue weighted by Crippen LogP contribution is -2.21. The lowest BCUT2D eigenvalue weighted by molar-refractivity contribution is -0.118. The molecule has 116 valence electrons. The van der Waals surface area contributed by atoms with E-state index >= 15 is 0 Å². The molecule has 1 atom stereocenters. The maximum absolute atomic E-state index is 12.7. The number of phenols is 1. The van der Waals surface area contributed by atoms with Crippen molar-refractivity contribution in [3.63, 3.8) is 0 Å². The van der Waals surface area contributed by atoms with Crippen LogP contribution in [0.4, 0.5) is 0 Å². The molecule has 0 aliphatic rings. The zero-order valence-corrected chi connectivity index (χ0v) is 12.4. The fourth-order valence-corrected chi connectivity index (χ4v) is 2.67. The van der Waals surface area contributed by atoms with E-state index in [0.717, 1.165) is 0 Å². The quantitative estimate of drug-likeness (QED) is 0.821. The minimum atomic E-state index is -0.495. The Morgan fingerprint density at radius 1 is 1.45 bits per heavy atom. The van der Waals surface area contributed by atoms with Gasteiger partial charge in [-0.05, 0) is 31.4 Å². The van der Waals surface area contributed by atoms with Gasteiger partial charge in [-0.1, -0.05) is 6.92 Å². The van der Waals surface area contributed by atoms with Gasteiger partial charge in [-0.2, -0.15) is 0 Å². The van der Waals surface area contributed by atoms with E-state index in [1.807, 2.05) is 6.92 Å². The average molecular weight is 303 g/mol. The molecule has 1 unspecified atom stereocenters. The highest BCUT2D eigenvalue weighted by Gasteiger charge is 2.23. The molecular weight excluding hydrogens is 286 g/mol. The Bertz CT molecular complexity index is 806. The summed E-state index contributed by atoms with van der Waals surface area (Å²) in [5, 5.41) is 9.88. The smallest absolute Gasteiger partial charge is 0.218 e. The van der Waals surface area contributed by atoms with Crippen molar-refractivity contribution in [1.82, 2.24) is 0 Å². The summed E-state index contributed by atoms with van der Waals surface area (Å²) in [4.78, 5) is 35.0. The summed E-state index contributed by atoms with van der Waals surface area (Å²) in [6, 6.07) is 2.68. The standard InChI is InChI=1S/C16H17NO5/c1-3-9(6-13(17)20)14-8(2)22-16-10(15(14)21)4-5-12(19)11(16)7-18/h4-5,7,9,19H,3,6H2,1-2H3,(H2,17,20). The summed E-state index contributed by atoms with van der Waals surface area (Å²) in [6.45, 7) is 3.45. The number of nitrogens with two attached hydrogens (primary N) is 1. The molecule has 0 aliphatic heterocycles. The van der Waals surface area contributed by atoms with E-state index in [2.05, 4.69) is 0 Å². The number of rotatable bonds is 5. The highest BCUT2D eigenvalue weighted by molar-refractivity contribution is 5.97. The molecule has 1 aromatic heterocycles. The van der Waals surface area contributed by atoms with Crippen LogP contribution in [0.15, 0.2) is 21.3 Å². The van der Waals surface area contributed by atoms with Crippen LogP contribution in [-0.2, 0) is 4.79 Å². The van der Waals surface area contributed by atoms with Crippen molar-refractivity contribution in [1.29, 1.82) is 0 Å². The van der Waals surface area contributed by atoms with Gasteiger partial charge in [0.25, 0.3) is 0 Å². The van der Waals surface area contributed by atoms with Gasteiger partial charge < -0.3 is 15.3 Å². The number of phenolic OH excluding ortho intramolecular Hbond substituents is 1. The van der Waals surface area contributed by atoms with Crippen molar-refractivity contribution in [3.8, 4) is 5.75 Å². The van der Waals surface area contributed by atoms with Crippen LogP contribution in [0.25, 0.3) is 11.0 Å². The molecule has 6 heteroatoms. The Kier molecular flexibility index (Phi) is 4.30. The first-order valence-electron chi connectivity index (χ1n) is 6.93. The second kappa shape index (κ2) is 6.01. The van der Waals surface area contributed by atoms with Crippen LogP contribution >= 0.6 is 0 Å². The van der Waals surface area contributed by atoms with Gasteiger partial charge in [-0.25, -0.2) is 0 Å². The molecule has 22 heavy (non-hydrogen) atoms. The molecule has 0 spiro atoms. The summed E-state index contributed by atoms with van der Waals surface area (Å²) in [5.74, 6) is -0.766. The van der Waals surface area contributed by atoms with E-state index in [4.69, 9.17) is 10.2 Å². The molecule has 2 rings (SSSR count). The molecule has 0 bridgehead atoms. The largest absolute Gasteiger partial charge is 0.507 e. The van der Waals surface area contributed by atoms with E-state index in [0.29, 0.717) is 24.0 Å². The Hall–Kier alpha value is -2.63. The zero-order chi connectivity index (χ0) is 16.4. The Labute approximate surface area is 126 Å². The van der Waals surface area contributed by atoms with Gasteiger partial charge in [0.05, 0.1) is 10.9 Å². The summed E-state index contributed by atoms with van der Waals surface area (Å²) in [6.07, 6.45) is 1.05. The van der Waals surface area contributed by atoms with E-state index < -0.39 is 5.91 Å². The van der Waals surface area contributed by atoms with Gasteiger partial charge in [0, 0.05) is 12.0 Å². The molecule has 1 amide bonds. The summed E-state index contributed by atoms with van der Waals surface area (Å²) >= 11 is 0. The van der Waals surface area contributed by atoms with E-state index in [1.165, 1.54) is 12.1 Å². The van der Waals surface area contributed by atoms with Gasteiger partial charge in [0.1, 0.15) is 11.5 Å². The molecule has 1 aromatic carbocycles. The molecule has 2 aromatic rings. The maximum Gasteiger partial charge on any atom is 0.218 e. The third-order valence-corrected chi connectivity index (χ3v) is 3.76. The molecule has 0 aliphatic carbocycles. The Morgan fingerprint density at radius 2 is 2.14 bits per heavy atom. The monoisotopic (exact) mass is 303 g/mol. The van der Waals surface area contributed by atoms with Crippen LogP contribution in [0, 0.1) is 6.92 Å².